The Hall–Kier alpha value is -3.51. The van der Waals surface area contributed by atoms with Gasteiger partial charge in [-0.25, -0.2) is 0 Å². The second-order valence-corrected chi connectivity index (χ2v) is 12.5. The van der Waals surface area contributed by atoms with Crippen molar-refractivity contribution >= 4 is 29.5 Å². The summed E-state index contributed by atoms with van der Waals surface area (Å²) in [6.07, 6.45) is -0.571. The highest BCUT2D eigenvalue weighted by Crippen LogP contribution is 2.18. The van der Waals surface area contributed by atoms with Crippen LogP contribution in [0.15, 0.2) is 30.3 Å². The average molecular weight is 618 g/mol. The Morgan fingerprint density at radius 1 is 0.909 bits per heavy atom. The van der Waals surface area contributed by atoms with Gasteiger partial charge in [-0.15, -0.1) is 0 Å². The van der Waals surface area contributed by atoms with Crippen LogP contribution in [0.2, 0.25) is 0 Å². The summed E-state index contributed by atoms with van der Waals surface area (Å²) in [5.41, 5.74) is 0.875. The molecule has 5 amide bonds. The van der Waals surface area contributed by atoms with Gasteiger partial charge in [0.2, 0.25) is 29.5 Å². The maximum atomic E-state index is 13.8. The summed E-state index contributed by atoms with van der Waals surface area (Å²) in [6.45, 7) is 12.6. The predicted molar refractivity (Wildman–Crippen MR) is 166 cm³/mol. The molecule has 2 rings (SSSR count). The quantitative estimate of drug-likeness (QED) is 0.152. The largest absolute Gasteiger partial charge is 0.391 e. The Labute approximate surface area is 260 Å². The second-order valence-electron chi connectivity index (χ2n) is 12.5. The molecule has 1 aliphatic rings. The van der Waals surface area contributed by atoms with Gasteiger partial charge in [0.25, 0.3) is 0 Å². The third-order valence-corrected chi connectivity index (χ3v) is 7.66. The van der Waals surface area contributed by atoms with Crippen LogP contribution >= 0.6 is 0 Å². The zero-order valence-electron chi connectivity index (χ0n) is 27.0. The van der Waals surface area contributed by atoms with Crippen LogP contribution in [0.4, 0.5) is 0 Å². The monoisotopic (exact) mass is 617 g/mol. The van der Waals surface area contributed by atoms with Crippen LogP contribution in [0, 0.1) is 17.8 Å². The van der Waals surface area contributed by atoms with E-state index in [4.69, 9.17) is 4.74 Å². The molecule has 1 fully saturated rings. The molecule has 12 nitrogen and oxygen atoms in total. The van der Waals surface area contributed by atoms with Crippen molar-refractivity contribution in [3.05, 3.63) is 35.9 Å². The molecule has 0 aliphatic carbocycles. The molecule has 44 heavy (non-hydrogen) atoms. The molecule has 1 saturated heterocycles. The molecule has 246 valence electrons. The molecule has 0 saturated carbocycles. The van der Waals surface area contributed by atoms with E-state index in [1.54, 1.807) is 27.7 Å². The maximum Gasteiger partial charge on any atom is 0.245 e. The molecule has 7 atom stereocenters. The number of aliphatic hydroxyl groups excluding tert-OH is 1. The van der Waals surface area contributed by atoms with Gasteiger partial charge < -0.3 is 36.4 Å². The lowest BCUT2D eigenvalue weighted by Crippen LogP contribution is -2.61. The highest BCUT2D eigenvalue weighted by Gasteiger charge is 2.36. The van der Waals surface area contributed by atoms with E-state index in [9.17, 15) is 29.1 Å². The highest BCUT2D eigenvalue weighted by atomic mass is 16.5. The first kappa shape index (κ1) is 36.7. The van der Waals surface area contributed by atoms with E-state index in [1.165, 1.54) is 6.92 Å². The normalized spacial score (nSPS) is 18.9. The maximum absolute atomic E-state index is 13.8. The van der Waals surface area contributed by atoms with Gasteiger partial charge in [-0.3, -0.25) is 24.0 Å². The smallest absolute Gasteiger partial charge is 0.245 e. The summed E-state index contributed by atoms with van der Waals surface area (Å²) < 4.78 is 6.00. The van der Waals surface area contributed by atoms with Crippen LogP contribution in [0.1, 0.15) is 73.3 Å². The van der Waals surface area contributed by atoms with E-state index in [2.05, 4.69) is 26.6 Å². The van der Waals surface area contributed by atoms with Crippen molar-refractivity contribution in [2.24, 2.45) is 17.8 Å². The first-order chi connectivity index (χ1) is 20.7. The Bertz CT molecular complexity index is 1110. The molecule has 0 spiro atoms. The van der Waals surface area contributed by atoms with Crippen molar-refractivity contribution < 1.29 is 33.8 Å². The van der Waals surface area contributed by atoms with Gasteiger partial charge in [0, 0.05) is 19.4 Å². The van der Waals surface area contributed by atoms with Crippen molar-refractivity contribution in [1.82, 2.24) is 26.6 Å². The number of carbonyl (C=O) groups excluding carboxylic acids is 5. The second kappa shape index (κ2) is 17.7. The van der Waals surface area contributed by atoms with Gasteiger partial charge in [0.15, 0.2) is 0 Å². The molecule has 0 radical (unpaired) electrons. The van der Waals surface area contributed by atoms with Gasteiger partial charge in [-0.05, 0) is 50.5 Å². The summed E-state index contributed by atoms with van der Waals surface area (Å²) in [5, 5.41) is 24.2. The van der Waals surface area contributed by atoms with Crippen LogP contribution in [0.3, 0.4) is 0 Å². The van der Waals surface area contributed by atoms with Crippen molar-refractivity contribution in [1.29, 1.82) is 0 Å². The van der Waals surface area contributed by atoms with Crippen LogP contribution in [0.25, 0.3) is 0 Å². The number of nitrogens with one attached hydrogen (secondary N) is 5. The Kier molecular flexibility index (Phi) is 14.8. The predicted octanol–water partition coefficient (Wildman–Crippen LogP) is 1.16. The topological polar surface area (TPSA) is 175 Å². The molecule has 0 bridgehead atoms. The molecule has 6 N–H and O–H groups in total. The summed E-state index contributed by atoms with van der Waals surface area (Å²) >= 11 is 0. The molecule has 1 heterocycles. The molecule has 0 aromatic heterocycles. The van der Waals surface area contributed by atoms with Crippen molar-refractivity contribution in [2.45, 2.75) is 111 Å². The van der Waals surface area contributed by atoms with E-state index in [0.29, 0.717) is 13.0 Å². The van der Waals surface area contributed by atoms with Gasteiger partial charge in [-0.1, -0.05) is 58.0 Å². The number of hydrogen-bond acceptors (Lipinski definition) is 7. The standard InChI is InChI=1S/C32H51N5O7/c1-18(2)15-26(30(41)35-25(20(5)38)16-24-13-14-33-29(24)40)36-32(43)28(21(6)44-17-23-11-9-8-10-12-23)37-31(42)27(19(3)4)34-22(7)39/h8-12,18-21,24-28,38H,13-17H2,1-7H3,(H,33,40)(H,34,39)(H,35,41)(H,36,43)(H,37,42)/t20-,21-,24+,25+,26+,27+,28+/m1/s1. The SMILES string of the molecule is CC(=O)N[C@H](C(=O)N[C@H](C(=O)N[C@@H](CC(C)C)C(=O)N[C@@H](C[C@@H]1CCNC1=O)[C@@H](C)O)[C@@H](C)OCc1ccccc1)C(C)C. The van der Waals surface area contributed by atoms with Gasteiger partial charge in [0.1, 0.15) is 18.1 Å². The van der Waals surface area contributed by atoms with E-state index < -0.39 is 54.1 Å². The van der Waals surface area contributed by atoms with Crippen LogP contribution in [-0.4, -0.2) is 77.6 Å². The molecule has 0 unspecified atom stereocenters. The van der Waals surface area contributed by atoms with Gasteiger partial charge in [-0.2, -0.15) is 0 Å². The fraction of sp³-hybridized carbons (Fsp3) is 0.656. The lowest BCUT2D eigenvalue weighted by Gasteiger charge is -2.31. The van der Waals surface area contributed by atoms with E-state index in [1.807, 2.05) is 44.2 Å². The first-order valence-electron chi connectivity index (χ1n) is 15.5. The summed E-state index contributed by atoms with van der Waals surface area (Å²) in [6, 6.07) is 5.59. The van der Waals surface area contributed by atoms with Crippen LogP contribution in [0.5, 0.6) is 0 Å². The molecule has 12 heteroatoms. The minimum Gasteiger partial charge on any atom is -0.391 e. The number of hydrogen-bond donors (Lipinski definition) is 6. The minimum absolute atomic E-state index is 0.0153. The fourth-order valence-corrected chi connectivity index (χ4v) is 5.09. The first-order valence-corrected chi connectivity index (χ1v) is 15.5. The van der Waals surface area contributed by atoms with Crippen molar-refractivity contribution in [3.63, 3.8) is 0 Å². The molecular formula is C32H51N5O7. The average Bonchev–Trinajstić information content (AvgIpc) is 3.36. The number of carbonyl (C=O) groups is 5. The zero-order valence-corrected chi connectivity index (χ0v) is 27.0. The molecule has 1 aromatic rings. The van der Waals surface area contributed by atoms with E-state index in [-0.39, 0.29) is 49.0 Å². The number of ether oxygens (including phenoxy) is 1. The number of benzene rings is 1. The van der Waals surface area contributed by atoms with Crippen molar-refractivity contribution in [2.75, 3.05) is 6.54 Å². The van der Waals surface area contributed by atoms with Crippen LogP contribution < -0.4 is 26.6 Å². The fourth-order valence-electron chi connectivity index (χ4n) is 5.09. The van der Waals surface area contributed by atoms with Gasteiger partial charge in [0.05, 0.1) is 24.9 Å². The summed E-state index contributed by atoms with van der Waals surface area (Å²) in [4.78, 5) is 64.6. The van der Waals surface area contributed by atoms with Crippen LogP contribution in [-0.2, 0) is 35.3 Å². The number of amides is 5. The van der Waals surface area contributed by atoms with E-state index in [0.717, 1.165) is 5.56 Å². The lowest BCUT2D eigenvalue weighted by molar-refractivity contribution is -0.137. The van der Waals surface area contributed by atoms with Crippen molar-refractivity contribution in [3.8, 4) is 0 Å². The molecular weight excluding hydrogens is 566 g/mol. The summed E-state index contributed by atoms with van der Waals surface area (Å²) in [7, 11) is 0. The third kappa shape index (κ3) is 11.9. The molecule has 1 aromatic carbocycles. The highest BCUT2D eigenvalue weighted by molar-refractivity contribution is 5.94. The molecule has 1 aliphatic heterocycles. The lowest BCUT2D eigenvalue weighted by atomic mass is 9.94. The third-order valence-electron chi connectivity index (χ3n) is 7.66. The number of rotatable bonds is 17. The summed E-state index contributed by atoms with van der Waals surface area (Å²) in [5.74, 6) is -2.76. The minimum atomic E-state index is -1.20. The zero-order chi connectivity index (χ0) is 33.0. The Morgan fingerprint density at radius 2 is 1.55 bits per heavy atom. The van der Waals surface area contributed by atoms with E-state index >= 15 is 0 Å². The van der Waals surface area contributed by atoms with Gasteiger partial charge >= 0.3 is 0 Å². The Morgan fingerprint density at radius 3 is 2.07 bits per heavy atom. The number of aliphatic hydroxyl groups is 1. The Balaban J connectivity index is 2.26.